The topological polar surface area (TPSA) is 82.9 Å². The predicted octanol–water partition coefficient (Wildman–Crippen LogP) is 2.45. The van der Waals surface area contributed by atoms with Crippen LogP contribution in [0, 0.1) is 0 Å². The number of carbonyl (C=O) groups excluding carboxylic acids is 1. The predicted molar refractivity (Wildman–Crippen MR) is 117 cm³/mol. The van der Waals surface area contributed by atoms with Gasteiger partial charge in [0.15, 0.2) is 5.65 Å². The molecule has 0 radical (unpaired) electrons. The van der Waals surface area contributed by atoms with Crippen molar-refractivity contribution in [3.63, 3.8) is 0 Å². The monoisotopic (exact) mass is 427 g/mol. The van der Waals surface area contributed by atoms with Gasteiger partial charge in [0.25, 0.3) is 11.5 Å². The van der Waals surface area contributed by atoms with Gasteiger partial charge in [0.2, 0.25) is 0 Å². The second-order valence-corrected chi connectivity index (χ2v) is 9.52. The van der Waals surface area contributed by atoms with Crippen molar-refractivity contribution in [3.05, 3.63) is 33.9 Å². The molecule has 168 valence electrons. The van der Waals surface area contributed by atoms with E-state index in [1.54, 1.807) is 6.07 Å². The molecule has 0 saturated carbocycles. The molecule has 8 nitrogen and oxygen atoms in total. The number of hydrogen-bond donors (Lipinski definition) is 1. The first kappa shape index (κ1) is 20.7. The number of piperidine rings is 1. The van der Waals surface area contributed by atoms with Crippen molar-refractivity contribution in [1.82, 2.24) is 24.4 Å². The highest BCUT2D eigenvalue weighted by molar-refractivity contribution is 5.82. The highest BCUT2D eigenvalue weighted by atomic mass is 16.5. The number of rotatable bonds is 4. The minimum absolute atomic E-state index is 0.0458. The van der Waals surface area contributed by atoms with Gasteiger partial charge in [0.1, 0.15) is 6.10 Å². The van der Waals surface area contributed by atoms with Gasteiger partial charge in [-0.3, -0.25) is 14.7 Å². The highest BCUT2D eigenvalue weighted by Crippen LogP contribution is 2.34. The second-order valence-electron chi connectivity index (χ2n) is 9.52. The van der Waals surface area contributed by atoms with Crippen LogP contribution < -0.4 is 5.56 Å². The largest absolute Gasteiger partial charge is 0.368 e. The van der Waals surface area contributed by atoms with Gasteiger partial charge in [-0.15, -0.1) is 0 Å². The molecule has 1 N–H and O–H groups in total. The van der Waals surface area contributed by atoms with Crippen molar-refractivity contribution in [3.8, 4) is 0 Å². The lowest BCUT2D eigenvalue weighted by Gasteiger charge is -2.34. The third-order valence-electron chi connectivity index (χ3n) is 7.27. The average molecular weight is 428 g/mol. The molecule has 3 aliphatic heterocycles. The molecule has 3 aliphatic rings. The summed E-state index contributed by atoms with van der Waals surface area (Å²) in [5.41, 5.74) is 2.37. The number of fused-ring (bicyclic) bond motifs is 1. The van der Waals surface area contributed by atoms with E-state index in [0.717, 1.165) is 69.5 Å². The molecule has 0 aliphatic carbocycles. The molecule has 3 saturated heterocycles. The Bertz CT molecular complexity index is 998. The van der Waals surface area contributed by atoms with E-state index in [2.05, 4.69) is 23.8 Å². The molecule has 0 unspecified atom stereocenters. The van der Waals surface area contributed by atoms with E-state index in [-0.39, 0.29) is 23.6 Å². The summed E-state index contributed by atoms with van der Waals surface area (Å²) in [5.74, 6) is 0.409. The lowest BCUT2D eigenvalue weighted by atomic mass is 9.92. The number of nitrogens with one attached hydrogen (secondary N) is 1. The minimum atomic E-state index is -0.311. The zero-order valence-electron chi connectivity index (χ0n) is 18.5. The van der Waals surface area contributed by atoms with E-state index >= 15 is 0 Å². The van der Waals surface area contributed by atoms with Gasteiger partial charge in [-0.1, -0.05) is 0 Å². The smallest absolute Gasteiger partial charge is 0.272 e. The van der Waals surface area contributed by atoms with Gasteiger partial charge in [-0.05, 0) is 65.5 Å². The Hall–Kier alpha value is -2.19. The molecule has 0 spiro atoms. The van der Waals surface area contributed by atoms with Crippen LogP contribution in [0.5, 0.6) is 0 Å². The number of amides is 1. The van der Waals surface area contributed by atoms with Crippen LogP contribution >= 0.6 is 0 Å². The van der Waals surface area contributed by atoms with Crippen LogP contribution in [-0.2, 0) is 9.53 Å². The number of H-pyrrole nitrogens is 1. The van der Waals surface area contributed by atoms with Crippen molar-refractivity contribution < 1.29 is 9.53 Å². The summed E-state index contributed by atoms with van der Waals surface area (Å²) in [6.45, 7) is 7.96. The average Bonchev–Trinajstić information content (AvgIpc) is 3.53. The summed E-state index contributed by atoms with van der Waals surface area (Å²) in [6, 6.07) is 4.16. The molecular formula is C23H33N5O3. The van der Waals surface area contributed by atoms with Crippen LogP contribution in [-0.4, -0.2) is 68.7 Å². The molecule has 2 aromatic rings. The number of ether oxygens (including phenoxy) is 1. The van der Waals surface area contributed by atoms with Crippen LogP contribution in [0.4, 0.5) is 0 Å². The summed E-state index contributed by atoms with van der Waals surface area (Å²) >= 11 is 0. The highest BCUT2D eigenvalue weighted by Gasteiger charge is 2.36. The van der Waals surface area contributed by atoms with E-state index in [4.69, 9.17) is 9.72 Å². The zero-order valence-corrected chi connectivity index (χ0v) is 18.5. The fourth-order valence-electron chi connectivity index (χ4n) is 5.43. The molecule has 5 rings (SSSR count). The van der Waals surface area contributed by atoms with E-state index in [0.29, 0.717) is 24.2 Å². The summed E-state index contributed by atoms with van der Waals surface area (Å²) in [6.07, 6.45) is 5.35. The number of aromatic amines is 1. The molecule has 8 heteroatoms. The number of hydrogen-bond acceptors (Lipinski definition) is 5. The Morgan fingerprint density at radius 3 is 2.65 bits per heavy atom. The molecule has 31 heavy (non-hydrogen) atoms. The van der Waals surface area contributed by atoms with Gasteiger partial charge < -0.3 is 14.5 Å². The van der Waals surface area contributed by atoms with Gasteiger partial charge in [0, 0.05) is 37.2 Å². The maximum absolute atomic E-state index is 12.9. The third-order valence-corrected chi connectivity index (χ3v) is 7.27. The third kappa shape index (κ3) is 3.91. The Morgan fingerprint density at radius 1 is 1.13 bits per heavy atom. The van der Waals surface area contributed by atoms with Crippen molar-refractivity contribution in [1.29, 1.82) is 0 Å². The molecule has 5 heterocycles. The quantitative estimate of drug-likeness (QED) is 0.810. The van der Waals surface area contributed by atoms with Crippen LogP contribution in [0.15, 0.2) is 16.9 Å². The molecule has 0 bridgehead atoms. The second kappa shape index (κ2) is 8.39. The van der Waals surface area contributed by atoms with E-state index in [1.165, 1.54) is 4.52 Å². The first-order chi connectivity index (χ1) is 15.0. The lowest BCUT2D eigenvalue weighted by Crippen LogP contribution is -2.38. The van der Waals surface area contributed by atoms with Gasteiger partial charge in [-0.2, -0.15) is 0 Å². The lowest BCUT2D eigenvalue weighted by molar-refractivity contribution is -0.142. The summed E-state index contributed by atoms with van der Waals surface area (Å²) < 4.78 is 7.15. The van der Waals surface area contributed by atoms with Crippen molar-refractivity contribution in [2.75, 3.05) is 26.2 Å². The minimum Gasteiger partial charge on any atom is -0.368 e. The number of aromatic nitrogens is 3. The normalized spacial score (nSPS) is 25.8. The van der Waals surface area contributed by atoms with Crippen molar-refractivity contribution in [2.45, 2.75) is 76.5 Å². The van der Waals surface area contributed by atoms with Crippen molar-refractivity contribution >= 4 is 11.6 Å². The van der Waals surface area contributed by atoms with E-state index in [9.17, 15) is 9.59 Å². The van der Waals surface area contributed by atoms with Crippen LogP contribution in [0.25, 0.3) is 5.65 Å². The van der Waals surface area contributed by atoms with Crippen molar-refractivity contribution in [2.24, 2.45) is 0 Å². The standard InChI is InChI=1S/C23H33N5O3/c1-15(2)26-10-7-16(8-11-26)17-14-22(29)28-21(24-17)13-18(25-28)19-5-3-9-27(19)23(30)20-6-4-12-31-20/h13-16,19-20,25H,3-12H2,1-2H3/t19-,20+/m1/s1. The zero-order chi connectivity index (χ0) is 21.5. The number of nitrogens with zero attached hydrogens (tertiary/aromatic N) is 4. The fourth-order valence-corrected chi connectivity index (χ4v) is 5.43. The Balaban J connectivity index is 1.38. The molecular weight excluding hydrogens is 394 g/mol. The molecule has 3 fully saturated rings. The SMILES string of the molecule is CC(C)N1CCC(c2cc(=O)n3[nH]c([C@H]4CCCN4C(=O)[C@@H]4CCCO4)cc3n2)CC1. The van der Waals surface area contributed by atoms with E-state index in [1.807, 2.05) is 11.0 Å². The number of carbonyl (C=O) groups is 1. The van der Waals surface area contributed by atoms with Crippen LogP contribution in [0.1, 0.15) is 75.7 Å². The summed E-state index contributed by atoms with van der Waals surface area (Å²) in [4.78, 5) is 35.1. The van der Waals surface area contributed by atoms with Crippen LogP contribution in [0.2, 0.25) is 0 Å². The Morgan fingerprint density at radius 2 is 1.94 bits per heavy atom. The first-order valence-corrected chi connectivity index (χ1v) is 11.8. The first-order valence-electron chi connectivity index (χ1n) is 11.8. The van der Waals surface area contributed by atoms with Gasteiger partial charge >= 0.3 is 0 Å². The fraction of sp³-hybridized carbons (Fsp3) is 0.696. The molecule has 1 amide bonds. The van der Waals surface area contributed by atoms with E-state index < -0.39 is 0 Å². The van der Waals surface area contributed by atoms with Gasteiger partial charge in [-0.25, -0.2) is 9.50 Å². The number of likely N-dealkylation sites (tertiary alicyclic amines) is 2. The maximum Gasteiger partial charge on any atom is 0.272 e. The summed E-state index contributed by atoms with van der Waals surface area (Å²) in [7, 11) is 0. The maximum atomic E-state index is 12.9. The molecule has 2 aromatic heterocycles. The van der Waals surface area contributed by atoms with Crippen LogP contribution in [0.3, 0.4) is 0 Å². The molecule has 2 atom stereocenters. The Kier molecular flexibility index (Phi) is 5.60. The Labute approximate surface area is 182 Å². The molecule has 0 aromatic carbocycles. The summed E-state index contributed by atoms with van der Waals surface area (Å²) in [5, 5.41) is 3.23. The van der Waals surface area contributed by atoms with Gasteiger partial charge in [0.05, 0.1) is 17.4 Å².